The molecule has 0 aromatic carbocycles. The highest BCUT2D eigenvalue weighted by Gasteiger charge is 2.26. The van der Waals surface area contributed by atoms with Gasteiger partial charge in [0.15, 0.2) is 5.69 Å². The summed E-state index contributed by atoms with van der Waals surface area (Å²) in [6.07, 6.45) is 2.47. The quantitative estimate of drug-likeness (QED) is 0.864. The van der Waals surface area contributed by atoms with Crippen molar-refractivity contribution >= 4 is 11.7 Å². The Morgan fingerprint density at radius 1 is 1.58 bits per heavy atom. The van der Waals surface area contributed by atoms with Gasteiger partial charge in [0.2, 0.25) is 0 Å². The lowest BCUT2D eigenvalue weighted by atomic mass is 10.1. The molecule has 2 atom stereocenters. The zero-order valence-corrected chi connectivity index (χ0v) is 11.4. The number of anilines is 1. The fourth-order valence-electron chi connectivity index (χ4n) is 2.06. The molecule has 2 heterocycles. The second-order valence-electron chi connectivity index (χ2n) is 5.07. The second-order valence-corrected chi connectivity index (χ2v) is 5.07. The molecule has 0 amide bonds. The van der Waals surface area contributed by atoms with Gasteiger partial charge in [-0.1, -0.05) is 13.8 Å². The van der Waals surface area contributed by atoms with Crippen LogP contribution >= 0.6 is 0 Å². The molecule has 0 saturated carbocycles. The highest BCUT2D eigenvalue weighted by atomic mass is 16.5. The minimum atomic E-state index is -1.04. The zero-order chi connectivity index (χ0) is 14.0. The van der Waals surface area contributed by atoms with E-state index in [0.717, 1.165) is 6.42 Å². The van der Waals surface area contributed by atoms with Crippen LogP contribution < -0.4 is 5.32 Å². The summed E-state index contributed by atoms with van der Waals surface area (Å²) in [6.45, 7) is 6.52. The minimum Gasteiger partial charge on any atom is -0.476 e. The van der Waals surface area contributed by atoms with Crippen molar-refractivity contribution in [1.82, 2.24) is 9.97 Å². The molecule has 2 N–H and O–H groups in total. The van der Waals surface area contributed by atoms with Crippen molar-refractivity contribution in [3.63, 3.8) is 0 Å². The molecule has 6 heteroatoms. The van der Waals surface area contributed by atoms with Crippen molar-refractivity contribution in [1.29, 1.82) is 0 Å². The normalized spacial score (nSPS) is 22.7. The molecule has 0 radical (unpaired) electrons. The maximum Gasteiger partial charge on any atom is 0.356 e. The smallest absolute Gasteiger partial charge is 0.356 e. The molecule has 6 nitrogen and oxygen atoms in total. The van der Waals surface area contributed by atoms with Crippen LogP contribution in [-0.4, -0.2) is 39.8 Å². The van der Waals surface area contributed by atoms with E-state index in [1.54, 1.807) is 6.20 Å². The lowest BCUT2D eigenvalue weighted by molar-refractivity contribution is 0.0690. The molecule has 1 aromatic heterocycles. The van der Waals surface area contributed by atoms with Gasteiger partial charge in [-0.25, -0.2) is 14.8 Å². The van der Waals surface area contributed by atoms with Gasteiger partial charge in [0, 0.05) is 12.5 Å². The summed E-state index contributed by atoms with van der Waals surface area (Å²) < 4.78 is 5.45. The number of nitrogens with zero attached hydrogens (tertiary/aromatic N) is 2. The number of hydrogen-bond donors (Lipinski definition) is 2. The summed E-state index contributed by atoms with van der Waals surface area (Å²) in [5, 5.41) is 12.4. The SMILES string of the molecule is CC(C)c1ncc(NC2CCOC2C)c(C(=O)O)n1. The van der Waals surface area contributed by atoms with Crippen LogP contribution in [0.25, 0.3) is 0 Å². The van der Waals surface area contributed by atoms with E-state index < -0.39 is 5.97 Å². The largest absolute Gasteiger partial charge is 0.476 e. The third kappa shape index (κ3) is 3.01. The number of nitrogens with one attached hydrogen (secondary N) is 1. The lowest BCUT2D eigenvalue weighted by Gasteiger charge is -2.18. The molecular weight excluding hydrogens is 246 g/mol. The van der Waals surface area contributed by atoms with Gasteiger partial charge in [0.25, 0.3) is 0 Å². The van der Waals surface area contributed by atoms with E-state index in [4.69, 9.17) is 4.74 Å². The van der Waals surface area contributed by atoms with Gasteiger partial charge in [-0.15, -0.1) is 0 Å². The predicted molar refractivity (Wildman–Crippen MR) is 70.5 cm³/mol. The van der Waals surface area contributed by atoms with Crippen molar-refractivity contribution in [3.05, 3.63) is 17.7 Å². The van der Waals surface area contributed by atoms with Crippen LogP contribution in [0.1, 0.15) is 49.4 Å². The Kier molecular flexibility index (Phi) is 3.99. The third-order valence-corrected chi connectivity index (χ3v) is 3.24. The highest BCUT2D eigenvalue weighted by Crippen LogP contribution is 2.22. The summed E-state index contributed by atoms with van der Waals surface area (Å²) in [4.78, 5) is 19.6. The second kappa shape index (κ2) is 5.52. The third-order valence-electron chi connectivity index (χ3n) is 3.24. The Bertz CT molecular complexity index is 476. The minimum absolute atomic E-state index is 0.0257. The topological polar surface area (TPSA) is 84.3 Å². The van der Waals surface area contributed by atoms with Crippen molar-refractivity contribution in [2.75, 3.05) is 11.9 Å². The first-order valence-electron chi connectivity index (χ1n) is 6.47. The van der Waals surface area contributed by atoms with E-state index in [0.29, 0.717) is 18.1 Å². The van der Waals surface area contributed by atoms with Gasteiger partial charge in [0.05, 0.1) is 24.0 Å². The molecule has 0 bridgehead atoms. The van der Waals surface area contributed by atoms with Crippen LogP contribution in [0.3, 0.4) is 0 Å². The van der Waals surface area contributed by atoms with Crippen molar-refractivity contribution in [2.45, 2.75) is 45.3 Å². The lowest BCUT2D eigenvalue weighted by Crippen LogP contribution is -2.28. The first-order valence-corrected chi connectivity index (χ1v) is 6.47. The van der Waals surface area contributed by atoms with Crippen LogP contribution in [0.4, 0.5) is 5.69 Å². The van der Waals surface area contributed by atoms with Crippen LogP contribution in [0, 0.1) is 0 Å². The predicted octanol–water partition coefficient (Wildman–Crippen LogP) is 1.89. The van der Waals surface area contributed by atoms with Gasteiger partial charge in [0.1, 0.15) is 5.82 Å². The molecule has 1 aliphatic rings. The average molecular weight is 265 g/mol. The summed E-state index contributed by atoms with van der Waals surface area (Å²) in [6, 6.07) is 0.103. The number of carboxylic acid groups (broad SMARTS) is 1. The summed E-state index contributed by atoms with van der Waals surface area (Å²) in [5.41, 5.74) is 0.483. The van der Waals surface area contributed by atoms with E-state index in [9.17, 15) is 9.90 Å². The molecule has 1 fully saturated rings. The zero-order valence-electron chi connectivity index (χ0n) is 11.4. The first-order chi connectivity index (χ1) is 8.99. The van der Waals surface area contributed by atoms with Crippen molar-refractivity contribution < 1.29 is 14.6 Å². The van der Waals surface area contributed by atoms with E-state index in [1.807, 2.05) is 20.8 Å². The van der Waals surface area contributed by atoms with E-state index in [-0.39, 0.29) is 23.8 Å². The van der Waals surface area contributed by atoms with E-state index in [1.165, 1.54) is 0 Å². The van der Waals surface area contributed by atoms with E-state index in [2.05, 4.69) is 15.3 Å². The molecule has 104 valence electrons. The Morgan fingerprint density at radius 2 is 2.32 bits per heavy atom. The Morgan fingerprint density at radius 3 is 2.84 bits per heavy atom. The van der Waals surface area contributed by atoms with Gasteiger partial charge in [-0.2, -0.15) is 0 Å². The van der Waals surface area contributed by atoms with Gasteiger partial charge >= 0.3 is 5.97 Å². The van der Waals surface area contributed by atoms with Crippen LogP contribution in [-0.2, 0) is 4.74 Å². The fraction of sp³-hybridized carbons (Fsp3) is 0.615. The van der Waals surface area contributed by atoms with Gasteiger partial charge in [-0.05, 0) is 13.3 Å². The molecule has 19 heavy (non-hydrogen) atoms. The van der Waals surface area contributed by atoms with Gasteiger partial charge in [-0.3, -0.25) is 0 Å². The number of aromatic nitrogens is 2. The number of aromatic carboxylic acids is 1. The van der Waals surface area contributed by atoms with Crippen LogP contribution in [0.15, 0.2) is 6.20 Å². The molecule has 2 rings (SSSR count). The number of rotatable bonds is 4. The summed E-state index contributed by atoms with van der Waals surface area (Å²) in [7, 11) is 0. The molecule has 0 spiro atoms. The van der Waals surface area contributed by atoms with E-state index >= 15 is 0 Å². The van der Waals surface area contributed by atoms with Crippen LogP contribution in [0.2, 0.25) is 0 Å². The Labute approximate surface area is 112 Å². The molecule has 1 aromatic rings. The molecule has 1 saturated heterocycles. The van der Waals surface area contributed by atoms with Crippen LogP contribution in [0.5, 0.6) is 0 Å². The van der Waals surface area contributed by atoms with Gasteiger partial charge < -0.3 is 15.2 Å². The monoisotopic (exact) mass is 265 g/mol. The fourth-order valence-corrected chi connectivity index (χ4v) is 2.06. The maximum atomic E-state index is 11.3. The Hall–Kier alpha value is -1.69. The van der Waals surface area contributed by atoms with Crippen molar-refractivity contribution in [2.24, 2.45) is 0 Å². The molecule has 0 aliphatic carbocycles. The summed E-state index contributed by atoms with van der Waals surface area (Å²) in [5.74, 6) is -0.405. The number of ether oxygens (including phenoxy) is 1. The maximum absolute atomic E-state index is 11.3. The first kappa shape index (κ1) is 13.7. The molecular formula is C13H19N3O3. The highest BCUT2D eigenvalue weighted by molar-refractivity contribution is 5.91. The molecule has 1 aliphatic heterocycles. The standard InChI is InChI=1S/C13H19N3O3/c1-7(2)12-14-6-10(11(16-12)13(17)18)15-9-4-5-19-8(9)3/h6-9,15H,4-5H2,1-3H3,(H,17,18). The number of hydrogen-bond acceptors (Lipinski definition) is 5. The number of carbonyl (C=O) groups is 1. The number of carboxylic acids is 1. The Balaban J connectivity index is 2.26. The summed E-state index contributed by atoms with van der Waals surface area (Å²) >= 11 is 0. The average Bonchev–Trinajstić information content (AvgIpc) is 2.75. The molecule has 2 unspecified atom stereocenters. The van der Waals surface area contributed by atoms with Crippen molar-refractivity contribution in [3.8, 4) is 0 Å².